The van der Waals surface area contributed by atoms with E-state index in [0.29, 0.717) is 17.1 Å². The minimum Gasteiger partial charge on any atom is -0.362 e. The van der Waals surface area contributed by atoms with Gasteiger partial charge in [-0.3, -0.25) is 0 Å². The molecule has 1 heterocycles. The molecule has 0 fully saturated rings. The summed E-state index contributed by atoms with van der Waals surface area (Å²) < 4.78 is 37.6. The van der Waals surface area contributed by atoms with Crippen molar-refractivity contribution in [1.29, 1.82) is 0 Å². The Hall–Kier alpha value is -1.73. The van der Waals surface area contributed by atoms with Gasteiger partial charge in [0.1, 0.15) is 23.3 Å². The Morgan fingerprint density at radius 2 is 1.84 bits per heavy atom. The third kappa shape index (κ3) is 4.67. The third-order valence-corrected chi connectivity index (χ3v) is 6.07. The molecule has 1 aromatic carbocycles. The number of alkyl halides is 1. The summed E-state index contributed by atoms with van der Waals surface area (Å²) in [5.74, 6) is 0.465. The maximum atomic E-state index is 13.5. The van der Waals surface area contributed by atoms with Crippen molar-refractivity contribution in [1.82, 2.24) is 9.97 Å². The van der Waals surface area contributed by atoms with Crippen molar-refractivity contribution in [2.45, 2.75) is 44.3 Å². The minimum absolute atomic E-state index is 0.126. The molecule has 8 heteroatoms. The predicted octanol–water partition coefficient (Wildman–Crippen LogP) is 4.52. The lowest BCUT2D eigenvalue weighted by Gasteiger charge is -2.17. The molecule has 2 aromatic rings. The fourth-order valence-electron chi connectivity index (χ4n) is 2.40. The molecule has 2 atom stereocenters. The molecule has 0 saturated heterocycles. The molecule has 0 bridgehead atoms. The maximum absolute atomic E-state index is 13.5. The fourth-order valence-corrected chi connectivity index (χ4v) is 4.03. The van der Waals surface area contributed by atoms with Crippen LogP contribution in [0.2, 0.25) is 5.02 Å². The van der Waals surface area contributed by atoms with E-state index in [1.165, 1.54) is 13.3 Å². The van der Waals surface area contributed by atoms with Crippen LogP contribution in [0.1, 0.15) is 50.7 Å². The second-order valence-corrected chi connectivity index (χ2v) is 8.28. The average Bonchev–Trinajstić information content (AvgIpc) is 2.56. The molecule has 0 aliphatic carbocycles. The van der Waals surface area contributed by atoms with Gasteiger partial charge in [-0.05, 0) is 38.0 Å². The van der Waals surface area contributed by atoms with Crippen LogP contribution in [0.4, 0.5) is 10.2 Å². The summed E-state index contributed by atoms with van der Waals surface area (Å²) in [5, 5.41) is 3.25. The topological polar surface area (TPSA) is 72.0 Å². The van der Waals surface area contributed by atoms with E-state index in [2.05, 4.69) is 15.3 Å². The van der Waals surface area contributed by atoms with E-state index in [4.69, 9.17) is 11.6 Å². The second kappa shape index (κ2) is 8.10. The summed E-state index contributed by atoms with van der Waals surface area (Å²) in [6.07, 6.45) is 0.533. The Labute approximate surface area is 152 Å². The number of aromatic nitrogens is 2. The molecule has 5 nitrogen and oxygen atoms in total. The van der Waals surface area contributed by atoms with E-state index in [-0.39, 0.29) is 22.5 Å². The van der Waals surface area contributed by atoms with Gasteiger partial charge in [0.05, 0.1) is 16.3 Å². The number of sulfone groups is 1. The monoisotopic (exact) mass is 385 g/mol. The van der Waals surface area contributed by atoms with Crippen LogP contribution < -0.4 is 5.32 Å². The lowest BCUT2D eigenvalue weighted by Crippen LogP contribution is -2.11. The zero-order valence-electron chi connectivity index (χ0n) is 14.3. The first-order chi connectivity index (χ1) is 11.8. The van der Waals surface area contributed by atoms with Gasteiger partial charge in [0.2, 0.25) is 0 Å². The van der Waals surface area contributed by atoms with Gasteiger partial charge in [0.15, 0.2) is 9.84 Å². The highest BCUT2D eigenvalue weighted by molar-refractivity contribution is 7.91. The van der Waals surface area contributed by atoms with Crippen LogP contribution in [0, 0.1) is 0 Å². The molecule has 0 amide bonds. The predicted molar refractivity (Wildman–Crippen MR) is 97.4 cm³/mol. The normalized spacial score (nSPS) is 14.1. The largest absolute Gasteiger partial charge is 0.362 e. The molecule has 0 aliphatic rings. The van der Waals surface area contributed by atoms with E-state index in [1.807, 2.05) is 13.8 Å². The lowest BCUT2D eigenvalue weighted by molar-refractivity contribution is 0.365. The Balaban J connectivity index is 2.19. The Bertz CT molecular complexity index is 826. The van der Waals surface area contributed by atoms with Crippen molar-refractivity contribution < 1.29 is 12.8 Å². The van der Waals surface area contributed by atoms with Crippen LogP contribution >= 0.6 is 11.6 Å². The molecular formula is C17H21ClFN3O2S. The molecule has 0 aliphatic heterocycles. The SMILES string of the molecule is CCCS(=O)(=O)c1ccc(C(C)Nc2ncnc(C(C)F)c2Cl)cc1. The first kappa shape index (κ1) is 19.6. The van der Waals surface area contributed by atoms with Crippen molar-refractivity contribution in [3.8, 4) is 0 Å². The molecular weight excluding hydrogens is 365 g/mol. The lowest BCUT2D eigenvalue weighted by atomic mass is 10.1. The number of rotatable bonds is 7. The highest BCUT2D eigenvalue weighted by Gasteiger charge is 2.17. The summed E-state index contributed by atoms with van der Waals surface area (Å²) in [6, 6.07) is 6.48. The third-order valence-electron chi connectivity index (χ3n) is 3.76. The average molecular weight is 386 g/mol. The van der Waals surface area contributed by atoms with E-state index in [0.717, 1.165) is 5.56 Å². The van der Waals surface area contributed by atoms with Crippen molar-refractivity contribution in [2.24, 2.45) is 0 Å². The number of anilines is 1. The number of benzene rings is 1. The standard InChI is InChI=1S/C17H21ClFN3O2S/c1-4-9-25(23,24)14-7-5-13(6-8-14)12(3)22-17-15(18)16(11(2)19)20-10-21-17/h5-8,10-12H,4,9H2,1-3H3,(H,20,21,22). The van der Waals surface area contributed by atoms with E-state index >= 15 is 0 Å². The van der Waals surface area contributed by atoms with Crippen molar-refractivity contribution in [3.63, 3.8) is 0 Å². The highest BCUT2D eigenvalue weighted by Crippen LogP contribution is 2.30. The summed E-state index contributed by atoms with van der Waals surface area (Å²) in [5.41, 5.74) is 0.993. The number of hydrogen-bond donors (Lipinski definition) is 1. The van der Waals surface area contributed by atoms with Gasteiger partial charge in [-0.15, -0.1) is 0 Å². The second-order valence-electron chi connectivity index (χ2n) is 5.79. The quantitative estimate of drug-likeness (QED) is 0.758. The van der Waals surface area contributed by atoms with Gasteiger partial charge < -0.3 is 5.32 Å². The van der Waals surface area contributed by atoms with Gasteiger partial charge in [-0.2, -0.15) is 0 Å². The maximum Gasteiger partial charge on any atom is 0.178 e. The summed E-state index contributed by atoms with van der Waals surface area (Å²) in [7, 11) is -3.24. The Morgan fingerprint density at radius 1 is 1.20 bits per heavy atom. The molecule has 0 saturated carbocycles. The summed E-state index contributed by atoms with van der Waals surface area (Å²) in [6.45, 7) is 5.07. The van der Waals surface area contributed by atoms with Crippen molar-refractivity contribution in [2.75, 3.05) is 11.1 Å². The zero-order chi connectivity index (χ0) is 18.6. The number of halogens is 2. The molecule has 25 heavy (non-hydrogen) atoms. The summed E-state index contributed by atoms with van der Waals surface area (Å²) >= 11 is 6.15. The van der Waals surface area contributed by atoms with Gasteiger partial charge in [0.25, 0.3) is 0 Å². The molecule has 2 rings (SSSR count). The molecule has 0 spiro atoms. The molecule has 1 N–H and O–H groups in total. The Morgan fingerprint density at radius 3 is 2.40 bits per heavy atom. The van der Waals surface area contributed by atoms with E-state index in [9.17, 15) is 12.8 Å². The Kier molecular flexibility index (Phi) is 6.35. The van der Waals surface area contributed by atoms with Crippen LogP contribution in [0.3, 0.4) is 0 Å². The number of hydrogen-bond acceptors (Lipinski definition) is 5. The van der Waals surface area contributed by atoms with Crippen molar-refractivity contribution >= 4 is 27.3 Å². The van der Waals surface area contributed by atoms with E-state index in [1.54, 1.807) is 24.3 Å². The summed E-state index contributed by atoms with van der Waals surface area (Å²) in [4.78, 5) is 8.21. The van der Waals surface area contributed by atoms with Crippen LogP contribution in [0.15, 0.2) is 35.5 Å². The van der Waals surface area contributed by atoms with Gasteiger partial charge in [-0.1, -0.05) is 30.7 Å². The molecule has 2 unspecified atom stereocenters. The fraction of sp³-hybridized carbons (Fsp3) is 0.412. The van der Waals surface area contributed by atoms with Gasteiger partial charge in [-0.25, -0.2) is 22.8 Å². The van der Waals surface area contributed by atoms with Crippen molar-refractivity contribution in [3.05, 3.63) is 46.9 Å². The number of nitrogens with zero attached hydrogens (tertiary/aromatic N) is 2. The minimum atomic E-state index is -3.24. The van der Waals surface area contributed by atoms with Gasteiger partial charge >= 0.3 is 0 Å². The molecule has 0 radical (unpaired) electrons. The molecule has 1 aromatic heterocycles. The highest BCUT2D eigenvalue weighted by atomic mass is 35.5. The first-order valence-corrected chi connectivity index (χ1v) is 10.0. The van der Waals surface area contributed by atoms with Crippen LogP contribution in [-0.4, -0.2) is 24.1 Å². The van der Waals surface area contributed by atoms with Gasteiger partial charge in [0, 0.05) is 6.04 Å². The molecule has 136 valence electrons. The first-order valence-electron chi connectivity index (χ1n) is 8.00. The van der Waals surface area contributed by atoms with Crippen LogP contribution in [0.25, 0.3) is 0 Å². The number of nitrogens with one attached hydrogen (secondary N) is 1. The van der Waals surface area contributed by atoms with E-state index < -0.39 is 16.0 Å². The zero-order valence-corrected chi connectivity index (χ0v) is 15.9. The van der Waals surface area contributed by atoms with Crippen LogP contribution in [-0.2, 0) is 9.84 Å². The smallest absolute Gasteiger partial charge is 0.178 e. The van der Waals surface area contributed by atoms with Crippen LogP contribution in [0.5, 0.6) is 0 Å².